The molecule has 1 aromatic rings. The third-order valence-electron chi connectivity index (χ3n) is 5.49. The molecule has 4 nitrogen and oxygen atoms in total. The summed E-state index contributed by atoms with van der Waals surface area (Å²) in [6.07, 6.45) is 15.9. The molecule has 0 saturated heterocycles. The Morgan fingerprint density at radius 1 is 0.781 bits per heavy atom. The summed E-state index contributed by atoms with van der Waals surface area (Å²) < 4.78 is 45.1. The zero-order valence-corrected chi connectivity index (χ0v) is 19.6. The smallest absolute Gasteiger partial charge is 0.325 e. The molecule has 0 bridgehead atoms. The Labute approximate surface area is 190 Å². The monoisotopic (exact) mass is 457 g/mol. The number of unbranched alkanes of at least 4 members (excludes halogenated alkanes) is 12. The fraction of sp³-hybridized carbons (Fsp3) is 0.680. The number of likely N-dealkylation sites (N-methyl/N-ethyl adjacent to an activating group) is 1. The number of amides is 1. The van der Waals surface area contributed by atoms with Crippen LogP contribution in [0.4, 0.5) is 13.2 Å². The van der Waals surface area contributed by atoms with Crippen molar-refractivity contribution in [3.8, 4) is 0 Å². The van der Waals surface area contributed by atoms with Crippen LogP contribution in [0, 0.1) is 17.5 Å². The summed E-state index contributed by atoms with van der Waals surface area (Å²) in [6.45, 7) is 2.10. The van der Waals surface area contributed by atoms with Crippen LogP contribution in [-0.4, -0.2) is 37.0 Å². The van der Waals surface area contributed by atoms with E-state index in [1.54, 1.807) is 0 Å². The Morgan fingerprint density at radius 3 is 1.81 bits per heavy atom. The average Bonchev–Trinajstić information content (AvgIpc) is 2.77. The predicted molar refractivity (Wildman–Crippen MR) is 120 cm³/mol. The quantitative estimate of drug-likeness (QED) is 0.147. The molecule has 0 spiro atoms. The summed E-state index contributed by atoms with van der Waals surface area (Å²) in [4.78, 5) is 24.9. The lowest BCUT2D eigenvalue weighted by atomic mass is 10.0. The van der Waals surface area contributed by atoms with E-state index in [-0.39, 0.29) is 6.61 Å². The van der Waals surface area contributed by atoms with Crippen molar-refractivity contribution in [1.29, 1.82) is 0 Å². The number of hydrogen-bond acceptors (Lipinski definition) is 3. The minimum Gasteiger partial charge on any atom is -0.464 e. The molecule has 1 rings (SSSR count). The second-order valence-corrected chi connectivity index (χ2v) is 8.35. The Bertz CT molecular complexity index is 697. The first-order chi connectivity index (χ1) is 15.4. The van der Waals surface area contributed by atoms with Crippen molar-refractivity contribution in [1.82, 2.24) is 4.90 Å². The molecule has 32 heavy (non-hydrogen) atoms. The lowest BCUT2D eigenvalue weighted by Gasteiger charge is -2.17. The molecule has 0 heterocycles. The highest BCUT2D eigenvalue weighted by atomic mass is 19.2. The standard InChI is InChI=1S/C25H38F3NO3/c1-3-4-5-6-7-8-9-10-11-12-13-14-15-18-32-22(30)19-29(2)25(31)20-16-17-21(26)24(28)23(20)27/h16-17H,3-15,18-19H2,1-2H3. The first-order valence-corrected chi connectivity index (χ1v) is 11.9. The van der Waals surface area contributed by atoms with E-state index in [0.29, 0.717) is 6.07 Å². The molecule has 0 N–H and O–H groups in total. The van der Waals surface area contributed by atoms with Crippen LogP contribution in [0.2, 0.25) is 0 Å². The summed E-state index contributed by atoms with van der Waals surface area (Å²) in [5.41, 5.74) is -0.629. The highest BCUT2D eigenvalue weighted by Crippen LogP contribution is 2.17. The van der Waals surface area contributed by atoms with Crippen molar-refractivity contribution in [3.05, 3.63) is 35.1 Å². The number of carbonyl (C=O) groups is 2. The van der Waals surface area contributed by atoms with Gasteiger partial charge in [0.15, 0.2) is 17.5 Å². The van der Waals surface area contributed by atoms with E-state index < -0.39 is 41.4 Å². The van der Waals surface area contributed by atoms with Crippen LogP contribution in [-0.2, 0) is 9.53 Å². The van der Waals surface area contributed by atoms with Crippen LogP contribution in [0.25, 0.3) is 0 Å². The molecule has 0 aliphatic rings. The van der Waals surface area contributed by atoms with Crippen molar-refractivity contribution < 1.29 is 27.5 Å². The molecular weight excluding hydrogens is 419 g/mol. The second-order valence-electron chi connectivity index (χ2n) is 8.35. The van der Waals surface area contributed by atoms with Crippen molar-refractivity contribution in [2.75, 3.05) is 20.2 Å². The van der Waals surface area contributed by atoms with Gasteiger partial charge < -0.3 is 9.64 Å². The maximum absolute atomic E-state index is 13.7. The molecular formula is C25H38F3NO3. The largest absolute Gasteiger partial charge is 0.464 e. The molecule has 0 fully saturated rings. The van der Waals surface area contributed by atoms with Crippen LogP contribution < -0.4 is 0 Å². The molecule has 0 atom stereocenters. The third kappa shape index (κ3) is 11.0. The highest BCUT2D eigenvalue weighted by Gasteiger charge is 2.23. The van der Waals surface area contributed by atoms with Crippen LogP contribution >= 0.6 is 0 Å². The van der Waals surface area contributed by atoms with E-state index in [0.717, 1.165) is 30.2 Å². The summed E-state index contributed by atoms with van der Waals surface area (Å²) in [6, 6.07) is 1.53. The molecule has 0 aliphatic carbocycles. The molecule has 182 valence electrons. The Morgan fingerprint density at radius 2 is 1.28 bits per heavy atom. The normalized spacial score (nSPS) is 10.9. The van der Waals surface area contributed by atoms with Crippen molar-refractivity contribution >= 4 is 11.9 Å². The van der Waals surface area contributed by atoms with Crippen LogP contribution in [0.15, 0.2) is 12.1 Å². The molecule has 0 unspecified atom stereocenters. The van der Waals surface area contributed by atoms with Gasteiger partial charge in [0.2, 0.25) is 0 Å². The molecule has 0 aromatic heterocycles. The molecule has 0 saturated carbocycles. The molecule has 0 aliphatic heterocycles. The molecule has 1 aromatic carbocycles. The topological polar surface area (TPSA) is 46.6 Å². The highest BCUT2D eigenvalue weighted by molar-refractivity contribution is 5.96. The van der Waals surface area contributed by atoms with Gasteiger partial charge in [-0.25, -0.2) is 13.2 Å². The zero-order chi connectivity index (χ0) is 23.8. The molecule has 0 radical (unpaired) electrons. The minimum atomic E-state index is -1.71. The van der Waals surface area contributed by atoms with Gasteiger partial charge in [-0.15, -0.1) is 0 Å². The Balaban J connectivity index is 2.07. The van der Waals surface area contributed by atoms with Gasteiger partial charge in [-0.2, -0.15) is 0 Å². The minimum absolute atomic E-state index is 0.262. The van der Waals surface area contributed by atoms with E-state index in [1.807, 2.05) is 0 Å². The van der Waals surface area contributed by atoms with Gasteiger partial charge in [0.25, 0.3) is 5.91 Å². The van der Waals surface area contributed by atoms with Gasteiger partial charge in [0.05, 0.1) is 12.2 Å². The van der Waals surface area contributed by atoms with Crippen LogP contribution in [0.5, 0.6) is 0 Å². The van der Waals surface area contributed by atoms with Gasteiger partial charge in [-0.3, -0.25) is 9.59 Å². The van der Waals surface area contributed by atoms with Crippen LogP contribution in [0.1, 0.15) is 101 Å². The van der Waals surface area contributed by atoms with Gasteiger partial charge in [-0.1, -0.05) is 84.0 Å². The molecule has 1 amide bonds. The maximum Gasteiger partial charge on any atom is 0.325 e. The van der Waals surface area contributed by atoms with E-state index in [4.69, 9.17) is 4.74 Å². The number of rotatable bonds is 17. The number of benzene rings is 1. The lowest BCUT2D eigenvalue weighted by molar-refractivity contribution is -0.144. The first-order valence-electron chi connectivity index (χ1n) is 11.9. The third-order valence-corrected chi connectivity index (χ3v) is 5.49. The summed E-state index contributed by atoms with van der Waals surface area (Å²) >= 11 is 0. The van der Waals surface area contributed by atoms with Crippen molar-refractivity contribution in [2.45, 2.75) is 90.4 Å². The maximum atomic E-state index is 13.7. The van der Waals surface area contributed by atoms with E-state index in [9.17, 15) is 22.8 Å². The number of esters is 1. The first kappa shape index (κ1) is 28.0. The summed E-state index contributed by atoms with van der Waals surface area (Å²) in [5, 5.41) is 0. The Kier molecular flexibility index (Phi) is 14.5. The van der Waals surface area contributed by atoms with Gasteiger partial charge in [0.1, 0.15) is 6.54 Å². The van der Waals surface area contributed by atoms with E-state index in [2.05, 4.69) is 6.92 Å². The van der Waals surface area contributed by atoms with Crippen molar-refractivity contribution in [3.63, 3.8) is 0 Å². The van der Waals surface area contributed by atoms with E-state index >= 15 is 0 Å². The number of ether oxygens (including phenoxy) is 1. The summed E-state index contributed by atoms with van der Waals surface area (Å²) in [7, 11) is 1.27. The average molecular weight is 458 g/mol. The van der Waals surface area contributed by atoms with Gasteiger partial charge in [0, 0.05) is 7.05 Å². The van der Waals surface area contributed by atoms with E-state index in [1.165, 1.54) is 71.3 Å². The fourth-order valence-electron chi connectivity index (χ4n) is 3.51. The van der Waals surface area contributed by atoms with Crippen molar-refractivity contribution in [2.24, 2.45) is 0 Å². The predicted octanol–water partition coefficient (Wildman–Crippen LogP) is 6.81. The number of nitrogens with zero attached hydrogens (tertiary/aromatic N) is 1. The SMILES string of the molecule is CCCCCCCCCCCCCCCOC(=O)CN(C)C(=O)c1ccc(F)c(F)c1F. The number of carbonyl (C=O) groups excluding carboxylic acids is 2. The van der Waals surface area contributed by atoms with Gasteiger partial charge >= 0.3 is 5.97 Å². The van der Waals surface area contributed by atoms with Crippen LogP contribution in [0.3, 0.4) is 0 Å². The zero-order valence-electron chi connectivity index (χ0n) is 19.6. The number of halogens is 3. The second kappa shape index (κ2) is 16.6. The fourth-order valence-corrected chi connectivity index (χ4v) is 3.51. The lowest BCUT2D eigenvalue weighted by Crippen LogP contribution is -2.33. The Hall–Kier alpha value is -2.05. The number of hydrogen-bond donors (Lipinski definition) is 0. The van der Waals surface area contributed by atoms with Gasteiger partial charge in [-0.05, 0) is 18.6 Å². The molecule has 7 heteroatoms. The summed E-state index contributed by atoms with van der Waals surface area (Å²) in [5.74, 6) is -6.20.